The molecular formula is C9H10N2O2. The molecule has 1 aromatic rings. The van der Waals surface area contributed by atoms with Gasteiger partial charge < -0.3 is 10.8 Å². The largest absolute Gasteiger partial charge is 0.478 e. The lowest BCUT2D eigenvalue weighted by molar-refractivity contribution is 0.0696. The van der Waals surface area contributed by atoms with Crippen LogP contribution < -0.4 is 5.73 Å². The van der Waals surface area contributed by atoms with E-state index in [1.807, 2.05) is 0 Å². The third-order valence-electron chi connectivity index (χ3n) is 1.63. The number of carbonyl (C=O) groups is 1. The van der Waals surface area contributed by atoms with Gasteiger partial charge in [-0.3, -0.25) is 4.98 Å². The summed E-state index contributed by atoms with van der Waals surface area (Å²) in [6, 6.07) is 2.70. The SMILES string of the molecule is C=C[C@@H](N)c1ccc(C(=O)O)cn1. The fourth-order valence-corrected chi connectivity index (χ4v) is 0.850. The van der Waals surface area contributed by atoms with Gasteiger partial charge >= 0.3 is 5.97 Å². The first-order chi connectivity index (χ1) is 6.15. The monoisotopic (exact) mass is 178 g/mol. The summed E-state index contributed by atoms with van der Waals surface area (Å²) in [7, 11) is 0. The number of hydrogen-bond donors (Lipinski definition) is 2. The molecular weight excluding hydrogens is 168 g/mol. The van der Waals surface area contributed by atoms with Crippen molar-refractivity contribution in [1.82, 2.24) is 4.98 Å². The van der Waals surface area contributed by atoms with E-state index in [1.54, 1.807) is 12.1 Å². The van der Waals surface area contributed by atoms with Gasteiger partial charge in [0.05, 0.1) is 17.3 Å². The van der Waals surface area contributed by atoms with Crippen LogP contribution in [0.15, 0.2) is 31.0 Å². The molecule has 0 saturated carbocycles. The van der Waals surface area contributed by atoms with Gasteiger partial charge in [-0.1, -0.05) is 6.08 Å². The van der Waals surface area contributed by atoms with Crippen LogP contribution in [0, 0.1) is 0 Å². The van der Waals surface area contributed by atoms with E-state index in [0.29, 0.717) is 5.69 Å². The summed E-state index contributed by atoms with van der Waals surface area (Å²) >= 11 is 0. The summed E-state index contributed by atoms with van der Waals surface area (Å²) in [5.41, 5.74) is 6.36. The van der Waals surface area contributed by atoms with Gasteiger partial charge in [-0.05, 0) is 12.1 Å². The molecule has 0 fully saturated rings. The van der Waals surface area contributed by atoms with Crippen LogP contribution in [0.3, 0.4) is 0 Å². The van der Waals surface area contributed by atoms with E-state index in [-0.39, 0.29) is 11.6 Å². The highest BCUT2D eigenvalue weighted by atomic mass is 16.4. The Kier molecular flexibility index (Phi) is 2.76. The second-order valence-corrected chi connectivity index (χ2v) is 2.54. The average molecular weight is 178 g/mol. The van der Waals surface area contributed by atoms with Crippen LogP contribution >= 0.6 is 0 Å². The van der Waals surface area contributed by atoms with Gasteiger partial charge in [0.25, 0.3) is 0 Å². The molecule has 3 N–H and O–H groups in total. The first-order valence-electron chi connectivity index (χ1n) is 3.72. The van der Waals surface area contributed by atoms with Crippen LogP contribution in [0.1, 0.15) is 22.1 Å². The van der Waals surface area contributed by atoms with E-state index in [9.17, 15) is 4.79 Å². The lowest BCUT2D eigenvalue weighted by Gasteiger charge is -2.04. The summed E-state index contributed by atoms with van der Waals surface area (Å²) in [6.07, 6.45) is 2.82. The highest BCUT2D eigenvalue weighted by molar-refractivity contribution is 5.87. The molecule has 4 heteroatoms. The number of nitrogens with two attached hydrogens (primary N) is 1. The van der Waals surface area contributed by atoms with E-state index in [4.69, 9.17) is 10.8 Å². The number of pyridine rings is 1. The number of aromatic carboxylic acids is 1. The van der Waals surface area contributed by atoms with E-state index in [1.165, 1.54) is 12.3 Å². The van der Waals surface area contributed by atoms with Crippen LogP contribution in [-0.4, -0.2) is 16.1 Å². The molecule has 0 unspecified atom stereocenters. The van der Waals surface area contributed by atoms with Gasteiger partial charge in [0.2, 0.25) is 0 Å². The lowest BCUT2D eigenvalue weighted by Crippen LogP contribution is -2.09. The van der Waals surface area contributed by atoms with Crippen LogP contribution in [0.25, 0.3) is 0 Å². The zero-order valence-corrected chi connectivity index (χ0v) is 6.97. The van der Waals surface area contributed by atoms with Crippen LogP contribution in [0.4, 0.5) is 0 Å². The highest BCUT2D eigenvalue weighted by Gasteiger charge is 2.05. The summed E-state index contributed by atoms with van der Waals surface area (Å²) in [5, 5.41) is 8.58. The number of carboxylic acid groups (broad SMARTS) is 1. The van der Waals surface area contributed by atoms with Gasteiger partial charge in [0, 0.05) is 6.20 Å². The van der Waals surface area contributed by atoms with Crippen molar-refractivity contribution in [2.75, 3.05) is 0 Å². The maximum atomic E-state index is 10.5. The molecule has 0 spiro atoms. The maximum absolute atomic E-state index is 10.5. The van der Waals surface area contributed by atoms with Crippen molar-refractivity contribution in [2.24, 2.45) is 5.73 Å². The molecule has 1 aromatic heterocycles. The van der Waals surface area contributed by atoms with Gasteiger partial charge in [-0.2, -0.15) is 0 Å². The van der Waals surface area contributed by atoms with Crippen LogP contribution in [-0.2, 0) is 0 Å². The molecule has 0 saturated heterocycles. The molecule has 1 atom stereocenters. The Morgan fingerprint density at radius 2 is 2.38 bits per heavy atom. The minimum atomic E-state index is -0.994. The topological polar surface area (TPSA) is 76.2 Å². The second kappa shape index (κ2) is 3.82. The standard InChI is InChI=1S/C9H10N2O2/c1-2-7(10)8-4-3-6(5-11-8)9(12)13/h2-5,7H,1,10H2,(H,12,13)/t7-/m1/s1. The fraction of sp³-hybridized carbons (Fsp3) is 0.111. The number of aromatic nitrogens is 1. The molecule has 0 aliphatic carbocycles. The minimum Gasteiger partial charge on any atom is -0.478 e. The Balaban J connectivity index is 2.93. The van der Waals surface area contributed by atoms with E-state index < -0.39 is 5.97 Å². The molecule has 0 aliphatic rings. The predicted molar refractivity (Wildman–Crippen MR) is 48.3 cm³/mol. The molecule has 4 nitrogen and oxygen atoms in total. The molecule has 0 aromatic carbocycles. The normalized spacial score (nSPS) is 12.1. The van der Waals surface area contributed by atoms with Crippen molar-refractivity contribution in [3.8, 4) is 0 Å². The van der Waals surface area contributed by atoms with E-state index in [0.717, 1.165) is 0 Å². The second-order valence-electron chi connectivity index (χ2n) is 2.54. The summed E-state index contributed by atoms with van der Waals surface area (Å²) in [4.78, 5) is 14.4. The maximum Gasteiger partial charge on any atom is 0.337 e. The first kappa shape index (κ1) is 9.41. The third kappa shape index (κ3) is 2.13. The number of carboxylic acids is 1. The fourth-order valence-electron chi connectivity index (χ4n) is 0.850. The van der Waals surface area contributed by atoms with Gasteiger partial charge in [0.15, 0.2) is 0 Å². The first-order valence-corrected chi connectivity index (χ1v) is 3.72. The van der Waals surface area contributed by atoms with E-state index in [2.05, 4.69) is 11.6 Å². The molecule has 0 aliphatic heterocycles. The van der Waals surface area contributed by atoms with Gasteiger partial charge in [-0.25, -0.2) is 4.79 Å². The molecule has 0 amide bonds. The Hall–Kier alpha value is -1.68. The summed E-state index contributed by atoms with van der Waals surface area (Å²) < 4.78 is 0. The quantitative estimate of drug-likeness (QED) is 0.676. The Bertz CT molecular complexity index is 319. The van der Waals surface area contributed by atoms with Crippen molar-refractivity contribution >= 4 is 5.97 Å². The zero-order valence-electron chi connectivity index (χ0n) is 6.97. The van der Waals surface area contributed by atoms with E-state index >= 15 is 0 Å². The lowest BCUT2D eigenvalue weighted by atomic mass is 10.2. The van der Waals surface area contributed by atoms with Crippen molar-refractivity contribution < 1.29 is 9.90 Å². The Morgan fingerprint density at radius 3 is 2.77 bits per heavy atom. The van der Waals surface area contributed by atoms with Gasteiger partial charge in [-0.15, -0.1) is 6.58 Å². The molecule has 0 radical (unpaired) electrons. The molecule has 13 heavy (non-hydrogen) atoms. The smallest absolute Gasteiger partial charge is 0.337 e. The Morgan fingerprint density at radius 1 is 1.69 bits per heavy atom. The molecule has 68 valence electrons. The van der Waals surface area contributed by atoms with Crippen LogP contribution in [0.2, 0.25) is 0 Å². The molecule has 1 heterocycles. The minimum absolute atomic E-state index is 0.153. The third-order valence-corrected chi connectivity index (χ3v) is 1.63. The average Bonchev–Trinajstić information content (AvgIpc) is 2.17. The molecule has 1 rings (SSSR count). The Labute approximate surface area is 75.7 Å². The number of rotatable bonds is 3. The van der Waals surface area contributed by atoms with Crippen molar-refractivity contribution in [3.63, 3.8) is 0 Å². The summed E-state index contributed by atoms with van der Waals surface area (Å²) in [5.74, 6) is -0.994. The predicted octanol–water partition coefficient (Wildman–Crippen LogP) is 0.966. The molecule has 0 bridgehead atoms. The number of hydrogen-bond acceptors (Lipinski definition) is 3. The zero-order chi connectivity index (χ0) is 9.84. The van der Waals surface area contributed by atoms with Crippen LogP contribution in [0.5, 0.6) is 0 Å². The van der Waals surface area contributed by atoms with Gasteiger partial charge in [0.1, 0.15) is 0 Å². The van der Waals surface area contributed by atoms with Crippen molar-refractivity contribution in [3.05, 3.63) is 42.2 Å². The number of nitrogens with zero attached hydrogens (tertiary/aromatic N) is 1. The van der Waals surface area contributed by atoms with Crippen molar-refractivity contribution in [2.45, 2.75) is 6.04 Å². The van der Waals surface area contributed by atoms with Crippen molar-refractivity contribution in [1.29, 1.82) is 0 Å². The summed E-state index contributed by atoms with van der Waals surface area (Å²) in [6.45, 7) is 3.51. The highest BCUT2D eigenvalue weighted by Crippen LogP contribution is 2.08.